The summed E-state index contributed by atoms with van der Waals surface area (Å²) < 4.78 is 5.11. The number of hydrogen-bond acceptors (Lipinski definition) is 7. The maximum Gasteiger partial charge on any atom is 0.234 e. The third-order valence-corrected chi connectivity index (χ3v) is 6.01. The third-order valence-electron chi connectivity index (χ3n) is 5.09. The van der Waals surface area contributed by atoms with Crippen LogP contribution in [-0.2, 0) is 9.59 Å². The van der Waals surface area contributed by atoms with Gasteiger partial charge in [0.1, 0.15) is 10.8 Å². The van der Waals surface area contributed by atoms with Crippen LogP contribution in [0.2, 0.25) is 0 Å². The summed E-state index contributed by atoms with van der Waals surface area (Å²) >= 11 is 1.34. The van der Waals surface area contributed by atoms with Crippen molar-refractivity contribution in [1.29, 1.82) is 0 Å². The Morgan fingerprint density at radius 1 is 1.13 bits per heavy atom. The minimum absolute atomic E-state index is 0.0785. The molecule has 1 aromatic carbocycles. The monoisotopic (exact) mass is 443 g/mol. The van der Waals surface area contributed by atoms with Gasteiger partial charge in [0, 0.05) is 31.2 Å². The van der Waals surface area contributed by atoms with E-state index < -0.39 is 0 Å². The Hall–Kier alpha value is -2.81. The summed E-state index contributed by atoms with van der Waals surface area (Å²) in [6, 6.07) is 11.0. The van der Waals surface area contributed by atoms with E-state index in [-0.39, 0.29) is 23.5 Å². The van der Waals surface area contributed by atoms with Crippen LogP contribution in [0.5, 0.6) is 5.75 Å². The number of ether oxygens (including phenoxy) is 1. The number of nitrogens with zero attached hydrogens (tertiary/aromatic N) is 3. The molecular formula is C22H29N5O3S. The number of amides is 2. The normalized spacial score (nSPS) is 14.2. The van der Waals surface area contributed by atoms with Gasteiger partial charge in [-0.3, -0.25) is 9.59 Å². The number of nitrogens with one attached hydrogen (secondary N) is 2. The number of piperidine rings is 1. The Balaban J connectivity index is 1.42. The SMILES string of the molecule is CCCNC(=O)C1CCN(c2ccc(SCC(=O)Nc3ccc(OC)cc3)nn2)CC1. The van der Waals surface area contributed by atoms with E-state index >= 15 is 0 Å². The zero-order chi connectivity index (χ0) is 22.1. The fraction of sp³-hybridized carbons (Fsp3) is 0.455. The highest BCUT2D eigenvalue weighted by atomic mass is 32.2. The van der Waals surface area contributed by atoms with Crippen molar-refractivity contribution < 1.29 is 14.3 Å². The highest BCUT2D eigenvalue weighted by Gasteiger charge is 2.25. The molecule has 0 bridgehead atoms. The molecule has 166 valence electrons. The molecule has 2 N–H and O–H groups in total. The maximum atomic E-state index is 12.2. The molecule has 31 heavy (non-hydrogen) atoms. The first-order valence-corrected chi connectivity index (χ1v) is 11.5. The molecule has 0 radical (unpaired) electrons. The van der Waals surface area contributed by atoms with Gasteiger partial charge in [0.15, 0.2) is 5.82 Å². The van der Waals surface area contributed by atoms with E-state index in [0.29, 0.717) is 5.03 Å². The number of aromatic nitrogens is 2. The molecule has 0 atom stereocenters. The number of anilines is 2. The number of benzene rings is 1. The summed E-state index contributed by atoms with van der Waals surface area (Å²) in [4.78, 5) is 26.4. The van der Waals surface area contributed by atoms with Crippen LogP contribution < -0.4 is 20.3 Å². The Morgan fingerprint density at radius 2 is 1.87 bits per heavy atom. The summed E-state index contributed by atoms with van der Waals surface area (Å²) in [5.74, 6) is 1.93. The Morgan fingerprint density at radius 3 is 2.48 bits per heavy atom. The van der Waals surface area contributed by atoms with Gasteiger partial charge >= 0.3 is 0 Å². The summed E-state index contributed by atoms with van der Waals surface area (Å²) in [6.45, 7) is 4.36. The fourth-order valence-corrected chi connectivity index (χ4v) is 3.95. The second-order valence-electron chi connectivity index (χ2n) is 7.35. The van der Waals surface area contributed by atoms with Crippen molar-refractivity contribution in [2.24, 2.45) is 5.92 Å². The number of thioether (sulfide) groups is 1. The molecule has 2 amide bonds. The Kier molecular flexibility index (Phi) is 8.52. The van der Waals surface area contributed by atoms with Gasteiger partial charge in [-0.05, 0) is 55.7 Å². The van der Waals surface area contributed by atoms with Crippen molar-refractivity contribution in [2.75, 3.05) is 42.7 Å². The molecule has 2 aromatic rings. The molecule has 3 rings (SSSR count). The number of carbonyl (C=O) groups excluding carboxylic acids is 2. The van der Waals surface area contributed by atoms with Crippen molar-refractivity contribution in [2.45, 2.75) is 31.2 Å². The average Bonchev–Trinajstić information content (AvgIpc) is 2.82. The highest BCUT2D eigenvalue weighted by molar-refractivity contribution is 7.99. The minimum atomic E-state index is -0.107. The van der Waals surface area contributed by atoms with Crippen molar-refractivity contribution in [3.05, 3.63) is 36.4 Å². The zero-order valence-corrected chi connectivity index (χ0v) is 18.8. The molecule has 8 nitrogen and oxygen atoms in total. The first-order chi connectivity index (χ1) is 15.1. The van der Waals surface area contributed by atoms with Gasteiger partial charge in [0.2, 0.25) is 11.8 Å². The largest absolute Gasteiger partial charge is 0.497 e. The molecule has 0 unspecified atom stereocenters. The van der Waals surface area contributed by atoms with E-state index in [1.165, 1.54) is 11.8 Å². The van der Waals surface area contributed by atoms with Crippen LogP contribution in [0, 0.1) is 5.92 Å². The predicted molar refractivity (Wildman–Crippen MR) is 123 cm³/mol. The predicted octanol–water partition coefficient (Wildman–Crippen LogP) is 2.96. The number of carbonyl (C=O) groups is 2. The minimum Gasteiger partial charge on any atom is -0.497 e. The van der Waals surface area contributed by atoms with Crippen molar-refractivity contribution >= 4 is 35.1 Å². The molecule has 2 heterocycles. The van der Waals surface area contributed by atoms with Gasteiger partial charge in [0.25, 0.3) is 0 Å². The lowest BCUT2D eigenvalue weighted by Gasteiger charge is -2.31. The number of rotatable bonds is 9. The number of hydrogen-bond donors (Lipinski definition) is 2. The lowest BCUT2D eigenvalue weighted by atomic mass is 9.96. The summed E-state index contributed by atoms with van der Waals surface area (Å²) in [7, 11) is 1.60. The van der Waals surface area contributed by atoms with Gasteiger partial charge in [-0.15, -0.1) is 10.2 Å². The highest BCUT2D eigenvalue weighted by Crippen LogP contribution is 2.23. The molecule has 1 fully saturated rings. The fourth-order valence-electron chi connectivity index (χ4n) is 3.33. The standard InChI is InChI=1S/C22H29N5O3S/c1-3-12-23-22(29)16-10-13-27(14-11-16)19-8-9-21(26-25-19)31-15-20(28)24-17-4-6-18(30-2)7-5-17/h4-9,16H,3,10-15H2,1-2H3,(H,23,29)(H,24,28). The molecule has 1 aromatic heterocycles. The molecule has 0 aliphatic carbocycles. The second kappa shape index (κ2) is 11.5. The van der Waals surface area contributed by atoms with Crippen LogP contribution in [0.4, 0.5) is 11.5 Å². The Bertz CT molecular complexity index is 852. The van der Waals surface area contributed by atoms with Crippen molar-refractivity contribution in [3.8, 4) is 5.75 Å². The van der Waals surface area contributed by atoms with Crippen molar-refractivity contribution in [3.63, 3.8) is 0 Å². The molecular weight excluding hydrogens is 414 g/mol. The molecule has 1 aliphatic heterocycles. The van der Waals surface area contributed by atoms with E-state index in [2.05, 4.69) is 32.7 Å². The molecule has 1 saturated heterocycles. The van der Waals surface area contributed by atoms with Crippen LogP contribution in [0.3, 0.4) is 0 Å². The second-order valence-corrected chi connectivity index (χ2v) is 8.34. The third kappa shape index (κ3) is 6.85. The lowest BCUT2D eigenvalue weighted by molar-refractivity contribution is -0.125. The molecule has 0 spiro atoms. The quantitative estimate of drug-likeness (QED) is 0.575. The molecule has 1 aliphatic rings. The molecule has 9 heteroatoms. The van der Waals surface area contributed by atoms with Crippen LogP contribution in [-0.4, -0.2) is 54.5 Å². The van der Waals surface area contributed by atoms with E-state index in [9.17, 15) is 9.59 Å². The lowest BCUT2D eigenvalue weighted by Crippen LogP contribution is -2.41. The van der Waals surface area contributed by atoms with E-state index in [4.69, 9.17) is 4.74 Å². The van der Waals surface area contributed by atoms with Gasteiger partial charge in [0.05, 0.1) is 12.9 Å². The van der Waals surface area contributed by atoms with E-state index in [1.54, 1.807) is 31.4 Å². The van der Waals surface area contributed by atoms with Crippen LogP contribution >= 0.6 is 11.8 Å². The average molecular weight is 444 g/mol. The maximum absolute atomic E-state index is 12.2. The first-order valence-electron chi connectivity index (χ1n) is 10.5. The zero-order valence-electron chi connectivity index (χ0n) is 18.0. The number of methoxy groups -OCH3 is 1. The smallest absolute Gasteiger partial charge is 0.234 e. The summed E-state index contributed by atoms with van der Waals surface area (Å²) in [5.41, 5.74) is 0.722. The Labute approximate surface area is 187 Å². The van der Waals surface area contributed by atoms with E-state index in [1.807, 2.05) is 12.1 Å². The van der Waals surface area contributed by atoms with Gasteiger partial charge in [-0.25, -0.2) is 0 Å². The first kappa shape index (κ1) is 22.9. The van der Waals surface area contributed by atoms with Gasteiger partial charge in [-0.2, -0.15) is 0 Å². The van der Waals surface area contributed by atoms with Gasteiger partial charge in [-0.1, -0.05) is 18.7 Å². The van der Waals surface area contributed by atoms with E-state index in [0.717, 1.165) is 56.2 Å². The van der Waals surface area contributed by atoms with Crippen LogP contribution in [0.15, 0.2) is 41.4 Å². The van der Waals surface area contributed by atoms with Crippen LogP contribution in [0.25, 0.3) is 0 Å². The van der Waals surface area contributed by atoms with Crippen molar-refractivity contribution in [1.82, 2.24) is 15.5 Å². The summed E-state index contributed by atoms with van der Waals surface area (Å²) in [6.07, 6.45) is 2.59. The summed E-state index contributed by atoms with van der Waals surface area (Å²) in [5, 5.41) is 15.1. The van der Waals surface area contributed by atoms with Gasteiger partial charge < -0.3 is 20.3 Å². The van der Waals surface area contributed by atoms with Crippen LogP contribution in [0.1, 0.15) is 26.2 Å². The topological polar surface area (TPSA) is 96.5 Å². The molecule has 0 saturated carbocycles.